The molecule has 3 rings (SSSR count). The monoisotopic (exact) mass is 360 g/mol. The van der Waals surface area contributed by atoms with Gasteiger partial charge in [0.1, 0.15) is 5.75 Å². The zero-order valence-corrected chi connectivity index (χ0v) is 15.3. The van der Waals surface area contributed by atoms with E-state index in [1.165, 1.54) is 9.87 Å². The Hall–Kier alpha value is -1.89. The van der Waals surface area contributed by atoms with E-state index in [4.69, 9.17) is 4.74 Å². The van der Waals surface area contributed by atoms with E-state index in [1.807, 2.05) is 48.5 Å². The van der Waals surface area contributed by atoms with Gasteiger partial charge in [0.2, 0.25) is 0 Å². The molecule has 1 aliphatic heterocycles. The third kappa shape index (κ3) is 4.39. The first-order valence-electron chi connectivity index (χ1n) is 8.53. The molecule has 0 fully saturated rings. The third-order valence-corrected chi connectivity index (χ3v) is 6.38. The molecular weight excluding hydrogens is 336 g/mol. The zero-order chi connectivity index (χ0) is 17.7. The molecule has 25 heavy (non-hydrogen) atoms. The summed E-state index contributed by atoms with van der Waals surface area (Å²) in [7, 11) is -1.80. The van der Waals surface area contributed by atoms with Crippen molar-refractivity contribution in [1.29, 1.82) is 0 Å². The van der Waals surface area contributed by atoms with E-state index in [-0.39, 0.29) is 0 Å². The van der Waals surface area contributed by atoms with Crippen molar-refractivity contribution in [2.75, 3.05) is 26.7 Å². The van der Waals surface area contributed by atoms with Crippen LogP contribution >= 0.6 is 0 Å². The zero-order valence-electron chi connectivity index (χ0n) is 14.5. The summed E-state index contributed by atoms with van der Waals surface area (Å²) in [6.07, 6.45) is 1.41. The maximum Gasteiger partial charge on any atom is 0.282 e. The molecule has 0 unspecified atom stereocenters. The van der Waals surface area contributed by atoms with E-state index in [9.17, 15) is 8.42 Å². The molecule has 1 heterocycles. The van der Waals surface area contributed by atoms with Crippen molar-refractivity contribution >= 4 is 10.2 Å². The van der Waals surface area contributed by atoms with Gasteiger partial charge in [0, 0.05) is 26.7 Å². The summed E-state index contributed by atoms with van der Waals surface area (Å²) in [6, 6.07) is 17.6. The summed E-state index contributed by atoms with van der Waals surface area (Å²) in [4.78, 5) is 0. The molecule has 0 radical (unpaired) electrons. The van der Waals surface area contributed by atoms with Crippen molar-refractivity contribution in [1.82, 2.24) is 8.61 Å². The fraction of sp³-hybridized carbons (Fsp3) is 0.368. The van der Waals surface area contributed by atoms with E-state index in [1.54, 1.807) is 11.4 Å². The maximum atomic E-state index is 12.8. The second-order valence-corrected chi connectivity index (χ2v) is 8.23. The Kier molecular flexibility index (Phi) is 5.73. The molecule has 5 nitrogen and oxygen atoms in total. The molecule has 1 aliphatic rings. The Morgan fingerprint density at radius 1 is 1.04 bits per heavy atom. The second-order valence-electron chi connectivity index (χ2n) is 6.20. The van der Waals surface area contributed by atoms with Crippen LogP contribution in [0.25, 0.3) is 0 Å². The molecule has 134 valence electrons. The number of ether oxygens (including phenoxy) is 1. The number of para-hydroxylation sites is 1. The topological polar surface area (TPSA) is 49.9 Å². The summed E-state index contributed by atoms with van der Waals surface area (Å²) in [5, 5.41) is 0. The van der Waals surface area contributed by atoms with Crippen LogP contribution in [-0.4, -0.2) is 43.8 Å². The second kappa shape index (κ2) is 7.99. The molecule has 0 amide bonds. The highest BCUT2D eigenvalue weighted by molar-refractivity contribution is 7.86. The normalized spacial score (nSPS) is 15.1. The van der Waals surface area contributed by atoms with Crippen molar-refractivity contribution in [3.63, 3.8) is 0 Å². The van der Waals surface area contributed by atoms with Gasteiger partial charge in [-0.25, -0.2) is 0 Å². The van der Waals surface area contributed by atoms with Crippen molar-refractivity contribution < 1.29 is 13.2 Å². The first kappa shape index (κ1) is 17.9. The van der Waals surface area contributed by atoms with Gasteiger partial charge >= 0.3 is 0 Å². The number of hydrogen-bond donors (Lipinski definition) is 0. The number of nitrogens with zero attached hydrogens (tertiary/aromatic N) is 2. The van der Waals surface area contributed by atoms with Crippen molar-refractivity contribution in [3.8, 4) is 5.75 Å². The standard InChI is InChI=1S/C19H24N2O3S/c1-20(13-7-15-24-19-10-3-2-4-11-19)25(22,23)21-14-12-17-8-5-6-9-18(17)16-21/h2-6,8-11H,7,12-16H2,1H3. The van der Waals surface area contributed by atoms with Gasteiger partial charge in [0.05, 0.1) is 6.61 Å². The van der Waals surface area contributed by atoms with Crippen LogP contribution < -0.4 is 4.74 Å². The lowest BCUT2D eigenvalue weighted by molar-refractivity contribution is 0.287. The highest BCUT2D eigenvalue weighted by atomic mass is 32.2. The average molecular weight is 360 g/mol. The molecule has 0 spiro atoms. The van der Waals surface area contributed by atoms with E-state index in [0.29, 0.717) is 32.7 Å². The van der Waals surface area contributed by atoms with Gasteiger partial charge in [0.15, 0.2) is 0 Å². The van der Waals surface area contributed by atoms with Crippen LogP contribution in [0.2, 0.25) is 0 Å². The predicted molar refractivity (Wildman–Crippen MR) is 98.7 cm³/mol. The minimum absolute atomic E-state index is 0.438. The van der Waals surface area contributed by atoms with Gasteiger partial charge in [-0.05, 0) is 36.1 Å². The number of rotatable bonds is 7. The Morgan fingerprint density at radius 3 is 2.48 bits per heavy atom. The minimum atomic E-state index is -3.44. The van der Waals surface area contributed by atoms with Gasteiger partial charge in [0.25, 0.3) is 10.2 Å². The fourth-order valence-corrected chi connectivity index (χ4v) is 4.35. The van der Waals surface area contributed by atoms with Gasteiger partial charge in [-0.3, -0.25) is 0 Å². The quantitative estimate of drug-likeness (QED) is 0.714. The van der Waals surface area contributed by atoms with Crippen LogP contribution in [-0.2, 0) is 23.2 Å². The third-order valence-electron chi connectivity index (χ3n) is 4.45. The molecule has 0 aliphatic carbocycles. The Morgan fingerprint density at radius 2 is 1.72 bits per heavy atom. The lowest BCUT2D eigenvalue weighted by atomic mass is 10.0. The van der Waals surface area contributed by atoms with Crippen molar-refractivity contribution in [2.24, 2.45) is 0 Å². The van der Waals surface area contributed by atoms with Crippen molar-refractivity contribution in [3.05, 3.63) is 65.7 Å². The summed E-state index contributed by atoms with van der Waals surface area (Å²) in [5.74, 6) is 0.806. The molecule has 0 saturated carbocycles. The molecule has 2 aromatic rings. The Balaban J connectivity index is 1.52. The van der Waals surface area contributed by atoms with Gasteiger partial charge in [-0.1, -0.05) is 42.5 Å². The molecule has 2 aromatic carbocycles. The Bertz CT molecular complexity index is 793. The number of hydrogen-bond acceptors (Lipinski definition) is 3. The summed E-state index contributed by atoms with van der Waals surface area (Å²) in [6.45, 7) is 1.91. The van der Waals surface area contributed by atoms with Crippen LogP contribution in [0.1, 0.15) is 17.5 Å². The number of fused-ring (bicyclic) bond motifs is 1. The van der Waals surface area contributed by atoms with Crippen LogP contribution in [0.4, 0.5) is 0 Å². The SMILES string of the molecule is CN(CCCOc1ccccc1)S(=O)(=O)N1CCc2ccccc2C1. The largest absolute Gasteiger partial charge is 0.494 e. The van der Waals surface area contributed by atoms with Gasteiger partial charge < -0.3 is 4.74 Å². The van der Waals surface area contributed by atoms with Crippen LogP contribution in [0.3, 0.4) is 0 Å². The molecule has 0 atom stereocenters. The first-order valence-corrected chi connectivity index (χ1v) is 9.93. The lowest BCUT2D eigenvalue weighted by Gasteiger charge is -2.31. The van der Waals surface area contributed by atoms with Crippen LogP contribution in [0, 0.1) is 0 Å². The van der Waals surface area contributed by atoms with Gasteiger partial charge in [-0.2, -0.15) is 17.0 Å². The van der Waals surface area contributed by atoms with Crippen molar-refractivity contribution in [2.45, 2.75) is 19.4 Å². The predicted octanol–water partition coefficient (Wildman–Crippen LogP) is 2.69. The highest BCUT2D eigenvalue weighted by Gasteiger charge is 2.29. The molecule has 0 bridgehead atoms. The lowest BCUT2D eigenvalue weighted by Crippen LogP contribution is -2.44. The van der Waals surface area contributed by atoms with E-state index >= 15 is 0 Å². The first-order chi connectivity index (χ1) is 12.1. The average Bonchev–Trinajstić information content (AvgIpc) is 2.65. The van der Waals surface area contributed by atoms with E-state index in [2.05, 4.69) is 6.07 Å². The number of benzene rings is 2. The molecule has 0 aromatic heterocycles. The summed E-state index contributed by atoms with van der Waals surface area (Å²) in [5.41, 5.74) is 2.34. The molecule has 0 saturated heterocycles. The maximum absolute atomic E-state index is 12.8. The summed E-state index contributed by atoms with van der Waals surface area (Å²) >= 11 is 0. The molecule has 0 N–H and O–H groups in total. The van der Waals surface area contributed by atoms with Gasteiger partial charge in [-0.15, -0.1) is 0 Å². The summed E-state index contributed by atoms with van der Waals surface area (Å²) < 4.78 is 34.2. The Labute approximate surface area is 150 Å². The smallest absolute Gasteiger partial charge is 0.282 e. The highest BCUT2D eigenvalue weighted by Crippen LogP contribution is 2.22. The van der Waals surface area contributed by atoms with Crippen LogP contribution in [0.15, 0.2) is 54.6 Å². The van der Waals surface area contributed by atoms with Crippen LogP contribution in [0.5, 0.6) is 5.75 Å². The minimum Gasteiger partial charge on any atom is -0.494 e. The van der Waals surface area contributed by atoms with E-state index < -0.39 is 10.2 Å². The van der Waals surface area contributed by atoms with E-state index in [0.717, 1.165) is 17.7 Å². The fourth-order valence-electron chi connectivity index (χ4n) is 2.97. The molecular formula is C19H24N2O3S. The molecule has 6 heteroatoms.